The monoisotopic (exact) mass is 295 g/mol. The molecule has 0 aliphatic heterocycles. The van der Waals surface area contributed by atoms with E-state index >= 15 is 0 Å². The zero-order valence-electron chi connectivity index (χ0n) is 9.83. The molecule has 0 saturated carbocycles. The molecule has 2 aromatic rings. The summed E-state index contributed by atoms with van der Waals surface area (Å²) in [5, 5.41) is 8.07. The molecule has 0 spiro atoms. The average molecular weight is 296 g/mol. The Morgan fingerprint density at radius 2 is 2.12 bits per heavy atom. The second-order valence-electron chi connectivity index (χ2n) is 3.92. The van der Waals surface area contributed by atoms with Crippen molar-refractivity contribution in [2.24, 2.45) is 0 Å². The number of anilines is 1. The van der Waals surface area contributed by atoms with Crippen LogP contribution in [0.2, 0.25) is 0 Å². The minimum Gasteiger partial charge on any atom is -0.421 e. The van der Waals surface area contributed by atoms with Crippen LogP contribution in [0.25, 0.3) is 11.5 Å². The Morgan fingerprint density at radius 3 is 2.82 bits per heavy atom. The first-order chi connectivity index (χ1) is 8.11. The molecule has 0 bridgehead atoms. The molecule has 5 heteroatoms. The summed E-state index contributed by atoms with van der Waals surface area (Å²) in [4.78, 5) is 0. The fraction of sp³-hybridized carbons (Fsp3) is 0.333. The van der Waals surface area contributed by atoms with Gasteiger partial charge in [-0.15, -0.1) is 10.2 Å². The highest BCUT2D eigenvalue weighted by atomic mass is 79.9. The molecular formula is C12H14BrN3O. The lowest BCUT2D eigenvalue weighted by Gasteiger charge is -2.05. The minimum atomic E-state index is 0.527. The molecule has 0 radical (unpaired) electrons. The van der Waals surface area contributed by atoms with E-state index in [-0.39, 0.29) is 0 Å². The molecular weight excluding hydrogens is 282 g/mol. The topological polar surface area (TPSA) is 64.9 Å². The van der Waals surface area contributed by atoms with Crippen molar-refractivity contribution in [1.29, 1.82) is 0 Å². The second kappa shape index (κ2) is 4.87. The Bertz CT molecular complexity index is 537. The van der Waals surface area contributed by atoms with Crippen LogP contribution in [-0.4, -0.2) is 10.2 Å². The van der Waals surface area contributed by atoms with Crippen LogP contribution in [0.15, 0.2) is 21.0 Å². The zero-order valence-corrected chi connectivity index (χ0v) is 11.4. The Kier molecular flexibility index (Phi) is 3.47. The van der Waals surface area contributed by atoms with E-state index < -0.39 is 0 Å². The quantitative estimate of drug-likeness (QED) is 0.882. The van der Waals surface area contributed by atoms with Gasteiger partial charge in [0.25, 0.3) is 0 Å². The lowest BCUT2D eigenvalue weighted by molar-refractivity contribution is 0.502. The van der Waals surface area contributed by atoms with Gasteiger partial charge in [-0.2, -0.15) is 0 Å². The highest BCUT2D eigenvalue weighted by Crippen LogP contribution is 2.30. The van der Waals surface area contributed by atoms with E-state index in [4.69, 9.17) is 10.2 Å². The molecule has 0 saturated heterocycles. The van der Waals surface area contributed by atoms with Crippen molar-refractivity contribution in [3.05, 3.63) is 28.1 Å². The molecule has 4 nitrogen and oxygen atoms in total. The molecule has 90 valence electrons. The number of halogens is 1. The van der Waals surface area contributed by atoms with Gasteiger partial charge < -0.3 is 10.2 Å². The molecule has 2 rings (SSSR count). The number of aryl methyl sites for hydroxylation is 1. The fourth-order valence-corrected chi connectivity index (χ4v) is 2.08. The van der Waals surface area contributed by atoms with E-state index in [2.05, 4.69) is 33.1 Å². The van der Waals surface area contributed by atoms with E-state index in [0.717, 1.165) is 28.4 Å². The smallest absolute Gasteiger partial charge is 0.248 e. The van der Waals surface area contributed by atoms with E-state index in [1.807, 2.05) is 19.1 Å². The van der Waals surface area contributed by atoms with Crippen LogP contribution < -0.4 is 5.73 Å². The maximum absolute atomic E-state index is 5.90. The van der Waals surface area contributed by atoms with Gasteiger partial charge >= 0.3 is 0 Å². The number of nitrogens with zero attached hydrogens (tertiary/aromatic N) is 2. The predicted octanol–water partition coefficient (Wildman–Crippen LogP) is 3.34. The predicted molar refractivity (Wildman–Crippen MR) is 70.6 cm³/mol. The molecule has 0 aliphatic carbocycles. The second-order valence-corrected chi connectivity index (χ2v) is 4.83. The lowest BCUT2D eigenvalue weighted by atomic mass is 10.1. The van der Waals surface area contributed by atoms with E-state index in [1.165, 1.54) is 0 Å². The summed E-state index contributed by atoms with van der Waals surface area (Å²) < 4.78 is 6.51. The first-order valence-corrected chi connectivity index (χ1v) is 6.29. The molecule has 2 N–H and O–H groups in total. The normalized spacial score (nSPS) is 10.8. The zero-order chi connectivity index (χ0) is 12.4. The van der Waals surface area contributed by atoms with Gasteiger partial charge in [-0.3, -0.25) is 0 Å². The summed E-state index contributed by atoms with van der Waals surface area (Å²) in [7, 11) is 0. The fourth-order valence-electron chi connectivity index (χ4n) is 1.60. The van der Waals surface area contributed by atoms with Crippen molar-refractivity contribution in [2.75, 3.05) is 5.73 Å². The number of aromatic nitrogens is 2. The lowest BCUT2D eigenvalue weighted by Crippen LogP contribution is -1.93. The van der Waals surface area contributed by atoms with Gasteiger partial charge in [0.05, 0.1) is 0 Å². The highest BCUT2D eigenvalue weighted by molar-refractivity contribution is 9.10. The van der Waals surface area contributed by atoms with Crippen LogP contribution in [0.3, 0.4) is 0 Å². The third-order valence-electron chi connectivity index (χ3n) is 2.57. The first kappa shape index (κ1) is 12.1. The Balaban J connectivity index is 2.44. The van der Waals surface area contributed by atoms with Crippen molar-refractivity contribution < 1.29 is 4.42 Å². The largest absolute Gasteiger partial charge is 0.421 e. The van der Waals surface area contributed by atoms with Gasteiger partial charge in [0.15, 0.2) is 0 Å². The van der Waals surface area contributed by atoms with Crippen LogP contribution in [0.5, 0.6) is 0 Å². The number of rotatable bonds is 3. The maximum atomic E-state index is 5.90. The first-order valence-electron chi connectivity index (χ1n) is 5.50. The molecule has 0 amide bonds. The van der Waals surface area contributed by atoms with Crippen LogP contribution in [0, 0.1) is 6.92 Å². The average Bonchev–Trinajstić information content (AvgIpc) is 2.72. The number of hydrogen-bond donors (Lipinski definition) is 1. The summed E-state index contributed by atoms with van der Waals surface area (Å²) in [5.41, 5.74) is 8.46. The summed E-state index contributed by atoms with van der Waals surface area (Å²) >= 11 is 3.41. The molecule has 0 fully saturated rings. The maximum Gasteiger partial charge on any atom is 0.248 e. The van der Waals surface area contributed by atoms with E-state index in [9.17, 15) is 0 Å². The summed E-state index contributed by atoms with van der Waals surface area (Å²) in [6, 6.07) is 3.80. The number of hydrogen-bond acceptors (Lipinski definition) is 4. The Morgan fingerprint density at radius 1 is 1.35 bits per heavy atom. The summed E-state index contributed by atoms with van der Waals surface area (Å²) in [6.45, 7) is 4.02. The number of benzene rings is 1. The van der Waals surface area contributed by atoms with Crippen LogP contribution in [0.4, 0.5) is 5.69 Å². The molecule has 0 unspecified atom stereocenters. The van der Waals surface area contributed by atoms with Crippen molar-refractivity contribution in [3.8, 4) is 11.5 Å². The SMILES string of the molecule is CCCc1nnc(-c2cc(Br)cc(N)c2C)o1. The van der Waals surface area contributed by atoms with Crippen molar-refractivity contribution in [2.45, 2.75) is 26.7 Å². The van der Waals surface area contributed by atoms with Crippen molar-refractivity contribution >= 4 is 21.6 Å². The van der Waals surface area contributed by atoms with Crippen LogP contribution in [-0.2, 0) is 6.42 Å². The van der Waals surface area contributed by atoms with Crippen LogP contribution >= 0.6 is 15.9 Å². The number of nitrogens with two attached hydrogens (primary N) is 1. The summed E-state index contributed by atoms with van der Waals surface area (Å²) in [5.74, 6) is 1.19. The standard InChI is InChI=1S/C12H14BrN3O/c1-3-4-11-15-16-12(17-11)9-5-8(13)6-10(14)7(9)2/h5-6H,3-4,14H2,1-2H3. The molecule has 0 aliphatic rings. The third kappa shape index (κ3) is 2.49. The van der Waals surface area contributed by atoms with Crippen LogP contribution in [0.1, 0.15) is 24.8 Å². The van der Waals surface area contributed by atoms with Gasteiger partial charge in [0.1, 0.15) is 0 Å². The Hall–Kier alpha value is -1.36. The summed E-state index contributed by atoms with van der Waals surface area (Å²) in [6.07, 6.45) is 1.79. The molecule has 0 atom stereocenters. The highest BCUT2D eigenvalue weighted by Gasteiger charge is 2.13. The van der Waals surface area contributed by atoms with Crippen molar-refractivity contribution in [1.82, 2.24) is 10.2 Å². The van der Waals surface area contributed by atoms with Gasteiger partial charge in [-0.05, 0) is 31.0 Å². The molecule has 1 aromatic carbocycles. The van der Waals surface area contributed by atoms with Gasteiger partial charge in [0.2, 0.25) is 11.8 Å². The van der Waals surface area contributed by atoms with Crippen molar-refractivity contribution in [3.63, 3.8) is 0 Å². The molecule has 1 aromatic heterocycles. The molecule has 17 heavy (non-hydrogen) atoms. The number of nitrogen functional groups attached to an aromatic ring is 1. The third-order valence-corrected chi connectivity index (χ3v) is 3.03. The van der Waals surface area contributed by atoms with E-state index in [1.54, 1.807) is 0 Å². The van der Waals surface area contributed by atoms with Gasteiger partial charge in [-0.1, -0.05) is 22.9 Å². The van der Waals surface area contributed by atoms with Gasteiger partial charge in [0, 0.05) is 22.1 Å². The van der Waals surface area contributed by atoms with Gasteiger partial charge in [-0.25, -0.2) is 0 Å². The molecule has 1 heterocycles. The minimum absolute atomic E-state index is 0.527. The Labute approximate surface area is 108 Å². The van der Waals surface area contributed by atoms with E-state index in [0.29, 0.717) is 17.5 Å².